The van der Waals surface area contributed by atoms with Gasteiger partial charge in [-0.05, 0) is 43.7 Å². The van der Waals surface area contributed by atoms with E-state index >= 15 is 0 Å². The number of nitrogens with one attached hydrogen (secondary N) is 1. The summed E-state index contributed by atoms with van der Waals surface area (Å²) < 4.78 is 5.27. The summed E-state index contributed by atoms with van der Waals surface area (Å²) in [6.07, 6.45) is 0. The number of rotatable bonds is 7. The summed E-state index contributed by atoms with van der Waals surface area (Å²) in [6.45, 7) is 5.77. The number of anilines is 1. The third-order valence-electron chi connectivity index (χ3n) is 4.05. The van der Waals surface area contributed by atoms with Gasteiger partial charge in [0.15, 0.2) is 5.96 Å². The van der Waals surface area contributed by atoms with Crippen LogP contribution in [0.1, 0.15) is 29.8 Å². The number of amides is 1. The first-order valence-corrected chi connectivity index (χ1v) is 8.67. The Hall–Kier alpha value is -2.29. The molecule has 0 aliphatic heterocycles. The van der Waals surface area contributed by atoms with Crippen molar-refractivity contribution in [1.82, 2.24) is 4.90 Å². The molecule has 0 radical (unpaired) electrons. The van der Waals surface area contributed by atoms with Crippen LogP contribution >= 0.6 is 24.0 Å². The lowest BCUT2D eigenvalue weighted by atomic mass is 10.1. The summed E-state index contributed by atoms with van der Waals surface area (Å²) in [5.41, 5.74) is 8.37. The molecule has 7 heteroatoms. The van der Waals surface area contributed by atoms with Crippen LogP contribution in [0.15, 0.2) is 53.5 Å². The van der Waals surface area contributed by atoms with Crippen LogP contribution in [0.3, 0.4) is 0 Å². The molecule has 146 valence electrons. The maximum atomic E-state index is 12.3. The van der Waals surface area contributed by atoms with Gasteiger partial charge in [0.25, 0.3) is 5.91 Å². The SMILES string of the molecule is CCN(CC)C(=O)c1ccc(CN=C(N)Nc2ccccc2OC)cc1.I. The Labute approximate surface area is 177 Å². The second kappa shape index (κ2) is 11.4. The maximum absolute atomic E-state index is 12.3. The van der Waals surface area contributed by atoms with Gasteiger partial charge >= 0.3 is 0 Å². The number of para-hydroxylation sites is 2. The molecule has 27 heavy (non-hydrogen) atoms. The molecule has 0 aliphatic carbocycles. The van der Waals surface area contributed by atoms with Crippen LogP contribution in [0.5, 0.6) is 5.75 Å². The van der Waals surface area contributed by atoms with Crippen molar-refractivity contribution in [2.75, 3.05) is 25.5 Å². The molecule has 0 saturated carbocycles. The van der Waals surface area contributed by atoms with E-state index in [0.29, 0.717) is 36.9 Å². The van der Waals surface area contributed by atoms with E-state index in [1.165, 1.54) is 0 Å². The van der Waals surface area contributed by atoms with Gasteiger partial charge in [0.1, 0.15) is 5.75 Å². The van der Waals surface area contributed by atoms with E-state index in [1.807, 2.05) is 62.4 Å². The van der Waals surface area contributed by atoms with E-state index < -0.39 is 0 Å². The first kappa shape index (κ1) is 22.8. The minimum absolute atomic E-state index is 0. The summed E-state index contributed by atoms with van der Waals surface area (Å²) in [5, 5.41) is 3.03. The average molecular weight is 482 g/mol. The van der Waals surface area contributed by atoms with Crippen LogP contribution in [0.2, 0.25) is 0 Å². The van der Waals surface area contributed by atoms with Gasteiger partial charge < -0.3 is 20.7 Å². The van der Waals surface area contributed by atoms with Crippen molar-refractivity contribution in [1.29, 1.82) is 0 Å². The molecule has 6 nitrogen and oxygen atoms in total. The van der Waals surface area contributed by atoms with E-state index in [9.17, 15) is 4.79 Å². The van der Waals surface area contributed by atoms with Gasteiger partial charge in [-0.3, -0.25) is 4.79 Å². The average Bonchev–Trinajstić information content (AvgIpc) is 2.68. The Kier molecular flexibility index (Phi) is 9.63. The summed E-state index contributed by atoms with van der Waals surface area (Å²) in [6, 6.07) is 15.0. The van der Waals surface area contributed by atoms with Crippen LogP contribution in [0.25, 0.3) is 0 Å². The van der Waals surface area contributed by atoms with Crippen molar-refractivity contribution in [3.63, 3.8) is 0 Å². The highest BCUT2D eigenvalue weighted by molar-refractivity contribution is 14.0. The number of benzene rings is 2. The largest absolute Gasteiger partial charge is 0.495 e. The van der Waals surface area contributed by atoms with Gasteiger partial charge in [0, 0.05) is 18.7 Å². The summed E-state index contributed by atoms with van der Waals surface area (Å²) in [7, 11) is 1.61. The molecule has 0 atom stereocenters. The molecule has 2 rings (SSSR count). The summed E-state index contributed by atoms with van der Waals surface area (Å²) in [5.74, 6) is 1.05. The highest BCUT2D eigenvalue weighted by atomic mass is 127. The number of guanidine groups is 1. The number of methoxy groups -OCH3 is 1. The van der Waals surface area contributed by atoms with Gasteiger partial charge in [0.05, 0.1) is 19.3 Å². The van der Waals surface area contributed by atoms with Crippen molar-refractivity contribution in [3.8, 4) is 5.75 Å². The van der Waals surface area contributed by atoms with E-state index in [-0.39, 0.29) is 29.9 Å². The maximum Gasteiger partial charge on any atom is 0.253 e. The van der Waals surface area contributed by atoms with Crippen LogP contribution in [0.4, 0.5) is 5.69 Å². The number of hydrogen-bond donors (Lipinski definition) is 2. The molecule has 0 unspecified atom stereocenters. The molecule has 2 aromatic carbocycles. The highest BCUT2D eigenvalue weighted by Crippen LogP contribution is 2.22. The molecule has 3 N–H and O–H groups in total. The van der Waals surface area contributed by atoms with Crippen molar-refractivity contribution < 1.29 is 9.53 Å². The smallest absolute Gasteiger partial charge is 0.253 e. The molecular weight excluding hydrogens is 455 g/mol. The lowest BCUT2D eigenvalue weighted by Crippen LogP contribution is -2.30. The third-order valence-corrected chi connectivity index (χ3v) is 4.05. The fraction of sp³-hybridized carbons (Fsp3) is 0.300. The molecule has 0 aromatic heterocycles. The molecule has 0 heterocycles. The standard InChI is InChI=1S/C20H26N4O2.HI/c1-4-24(5-2)19(25)16-12-10-15(11-13-16)14-22-20(21)23-17-8-6-7-9-18(17)26-3;/h6-13H,4-5,14H2,1-3H3,(H3,21,22,23);1H. The van der Waals surface area contributed by atoms with Gasteiger partial charge in [0.2, 0.25) is 0 Å². The molecule has 0 spiro atoms. The first-order chi connectivity index (χ1) is 12.6. The van der Waals surface area contributed by atoms with Gasteiger partial charge in [-0.25, -0.2) is 4.99 Å². The Balaban J connectivity index is 0.00000364. The Bertz CT molecular complexity index is 759. The van der Waals surface area contributed by atoms with Crippen molar-refractivity contribution in [3.05, 3.63) is 59.7 Å². The number of carbonyl (C=O) groups excluding carboxylic acids is 1. The first-order valence-electron chi connectivity index (χ1n) is 8.67. The number of carbonyl (C=O) groups is 1. The lowest BCUT2D eigenvalue weighted by Gasteiger charge is -2.18. The number of halogens is 1. The van der Waals surface area contributed by atoms with Crippen LogP contribution in [-0.4, -0.2) is 37.0 Å². The minimum Gasteiger partial charge on any atom is -0.495 e. The fourth-order valence-corrected chi connectivity index (χ4v) is 2.55. The number of nitrogens with two attached hydrogens (primary N) is 1. The van der Waals surface area contributed by atoms with Crippen molar-refractivity contribution >= 4 is 41.5 Å². The Morgan fingerprint density at radius 1 is 1.11 bits per heavy atom. The number of aliphatic imine (C=N–C) groups is 1. The quantitative estimate of drug-likeness (QED) is 0.358. The molecule has 0 aliphatic rings. The zero-order chi connectivity index (χ0) is 18.9. The van der Waals surface area contributed by atoms with Gasteiger partial charge in [-0.1, -0.05) is 24.3 Å². The fourth-order valence-electron chi connectivity index (χ4n) is 2.55. The van der Waals surface area contributed by atoms with Crippen molar-refractivity contribution in [2.45, 2.75) is 20.4 Å². The second-order valence-corrected chi connectivity index (χ2v) is 5.70. The van der Waals surface area contributed by atoms with Crippen molar-refractivity contribution in [2.24, 2.45) is 10.7 Å². The molecule has 0 fully saturated rings. The number of hydrogen-bond acceptors (Lipinski definition) is 3. The highest BCUT2D eigenvalue weighted by Gasteiger charge is 2.11. The molecule has 2 aromatic rings. The molecule has 1 amide bonds. The van der Waals surface area contributed by atoms with Gasteiger partial charge in [-0.2, -0.15) is 0 Å². The van der Waals surface area contributed by atoms with Gasteiger partial charge in [-0.15, -0.1) is 24.0 Å². The summed E-state index contributed by atoms with van der Waals surface area (Å²) >= 11 is 0. The van der Waals surface area contributed by atoms with Crippen LogP contribution in [0, 0.1) is 0 Å². The zero-order valence-electron chi connectivity index (χ0n) is 15.9. The monoisotopic (exact) mass is 482 g/mol. The normalized spacial score (nSPS) is 10.7. The van der Waals surface area contributed by atoms with Crippen LogP contribution in [-0.2, 0) is 6.54 Å². The minimum atomic E-state index is 0. The Morgan fingerprint density at radius 2 is 1.74 bits per heavy atom. The lowest BCUT2D eigenvalue weighted by molar-refractivity contribution is 0.0773. The van der Waals surface area contributed by atoms with Crippen LogP contribution < -0.4 is 15.8 Å². The summed E-state index contributed by atoms with van der Waals surface area (Å²) in [4.78, 5) is 18.4. The third kappa shape index (κ3) is 6.42. The Morgan fingerprint density at radius 3 is 2.33 bits per heavy atom. The second-order valence-electron chi connectivity index (χ2n) is 5.70. The van der Waals surface area contributed by atoms with E-state index in [4.69, 9.17) is 10.5 Å². The number of nitrogens with zero attached hydrogens (tertiary/aromatic N) is 2. The number of ether oxygens (including phenoxy) is 1. The van der Waals surface area contributed by atoms with E-state index in [0.717, 1.165) is 11.3 Å². The molecule has 0 bridgehead atoms. The molecule has 0 saturated heterocycles. The van der Waals surface area contributed by atoms with E-state index in [1.54, 1.807) is 12.0 Å². The topological polar surface area (TPSA) is 80.0 Å². The van der Waals surface area contributed by atoms with E-state index in [2.05, 4.69) is 10.3 Å². The molecular formula is C20H27IN4O2. The predicted octanol–water partition coefficient (Wildman–Crippen LogP) is 3.72. The zero-order valence-corrected chi connectivity index (χ0v) is 18.3. The predicted molar refractivity (Wildman–Crippen MR) is 121 cm³/mol.